The van der Waals surface area contributed by atoms with Gasteiger partial charge in [0, 0.05) is 37.6 Å². The van der Waals surface area contributed by atoms with Crippen LogP contribution in [-0.2, 0) is 29.0 Å². The lowest BCUT2D eigenvalue weighted by Crippen LogP contribution is -2.36. The average molecular weight is 389 g/mol. The highest BCUT2D eigenvalue weighted by molar-refractivity contribution is 6.01. The number of aromatic nitrogens is 1. The molecule has 2 aromatic rings. The maximum absolute atomic E-state index is 13.0. The number of ether oxygens (including phenoxy) is 1. The van der Waals surface area contributed by atoms with Gasteiger partial charge in [-0.15, -0.1) is 0 Å². The minimum absolute atomic E-state index is 0.189. The van der Waals surface area contributed by atoms with E-state index in [1.165, 1.54) is 11.1 Å². The van der Waals surface area contributed by atoms with Crippen molar-refractivity contribution in [2.45, 2.75) is 52.3 Å². The molecule has 1 unspecified atom stereocenters. The van der Waals surface area contributed by atoms with E-state index >= 15 is 0 Å². The Morgan fingerprint density at radius 1 is 1.31 bits per heavy atom. The van der Waals surface area contributed by atoms with E-state index in [1.807, 2.05) is 19.1 Å². The highest BCUT2D eigenvalue weighted by atomic mass is 16.5. The first-order valence-corrected chi connectivity index (χ1v) is 10.3. The molecule has 2 aliphatic rings. The number of hydrogen-bond donors (Lipinski definition) is 0. The highest BCUT2D eigenvalue weighted by Crippen LogP contribution is 2.24. The van der Waals surface area contributed by atoms with Crippen molar-refractivity contribution < 1.29 is 9.53 Å². The van der Waals surface area contributed by atoms with Crippen LogP contribution in [0.3, 0.4) is 0 Å². The second-order valence-corrected chi connectivity index (χ2v) is 7.99. The molecule has 0 radical (unpaired) electrons. The van der Waals surface area contributed by atoms with E-state index in [2.05, 4.69) is 35.8 Å². The molecule has 1 saturated heterocycles. The van der Waals surface area contributed by atoms with Gasteiger partial charge in [0.2, 0.25) is 0 Å². The molecule has 2 aliphatic heterocycles. The number of aryl methyl sites for hydroxylation is 1. The van der Waals surface area contributed by atoms with Crippen molar-refractivity contribution in [3.05, 3.63) is 64.0 Å². The van der Waals surface area contributed by atoms with E-state index in [0.717, 1.165) is 49.4 Å². The molecule has 0 bridgehead atoms. The smallest absolute Gasteiger partial charge is 0.264 e. The normalized spacial score (nSPS) is 19.1. The molecule has 4 rings (SSSR count). The third-order valence-electron chi connectivity index (χ3n) is 6.09. The Labute approximate surface area is 172 Å². The lowest BCUT2D eigenvalue weighted by Gasteiger charge is -2.28. The topological polar surface area (TPSA) is 58.3 Å². The summed E-state index contributed by atoms with van der Waals surface area (Å²) >= 11 is 0. The van der Waals surface area contributed by atoms with Crippen LogP contribution in [0.25, 0.3) is 6.08 Å². The predicted molar refractivity (Wildman–Crippen MR) is 112 cm³/mol. The summed E-state index contributed by atoms with van der Waals surface area (Å²) in [7, 11) is 0. The van der Waals surface area contributed by atoms with Crippen LogP contribution in [0.5, 0.6) is 0 Å². The molecule has 1 atom stereocenters. The van der Waals surface area contributed by atoms with Crippen LogP contribution in [0, 0.1) is 25.2 Å². The Hall–Kier alpha value is -2.84. The standard InChI is InChI=1S/C24H27N3O2/c1-17-12-21(18(2)27(17)16-23-8-5-11-29-23)13-22(14-25)24(28)26-10-9-19-6-3-4-7-20(19)15-26/h3-4,6-7,12-13,23H,5,8-11,15-16H2,1-2H3/b22-13+. The molecule has 0 aliphatic carbocycles. The van der Waals surface area contributed by atoms with Crippen LogP contribution in [-0.4, -0.2) is 34.6 Å². The minimum atomic E-state index is -0.189. The number of amides is 1. The second kappa shape index (κ2) is 8.26. The Balaban J connectivity index is 1.55. The summed E-state index contributed by atoms with van der Waals surface area (Å²) in [4.78, 5) is 14.8. The third kappa shape index (κ3) is 3.99. The second-order valence-electron chi connectivity index (χ2n) is 7.99. The molecule has 1 fully saturated rings. The van der Waals surface area contributed by atoms with Gasteiger partial charge >= 0.3 is 0 Å². The summed E-state index contributed by atoms with van der Waals surface area (Å²) in [5.41, 5.74) is 5.78. The first-order valence-electron chi connectivity index (χ1n) is 10.3. The molecule has 1 aromatic carbocycles. The van der Waals surface area contributed by atoms with Crippen molar-refractivity contribution in [2.75, 3.05) is 13.2 Å². The van der Waals surface area contributed by atoms with Gasteiger partial charge in [-0.2, -0.15) is 5.26 Å². The van der Waals surface area contributed by atoms with Gasteiger partial charge in [-0.05, 0) is 61.9 Å². The number of rotatable bonds is 4. The zero-order valence-electron chi connectivity index (χ0n) is 17.1. The number of carbonyl (C=O) groups is 1. The summed E-state index contributed by atoms with van der Waals surface area (Å²) in [5.74, 6) is -0.189. The van der Waals surface area contributed by atoms with Crippen LogP contribution in [0.15, 0.2) is 35.9 Å². The Bertz CT molecular complexity index is 990. The summed E-state index contributed by atoms with van der Waals surface area (Å²) in [5, 5.41) is 9.69. The highest BCUT2D eigenvalue weighted by Gasteiger charge is 2.24. The number of fused-ring (bicyclic) bond motifs is 1. The molecule has 150 valence electrons. The van der Waals surface area contributed by atoms with Crippen LogP contribution in [0.2, 0.25) is 0 Å². The maximum atomic E-state index is 13.0. The SMILES string of the molecule is Cc1cc(/C=C(\C#N)C(=O)N2CCc3ccccc3C2)c(C)n1CC1CCCO1. The van der Waals surface area contributed by atoms with Crippen molar-refractivity contribution in [3.8, 4) is 6.07 Å². The van der Waals surface area contributed by atoms with Gasteiger partial charge in [0.25, 0.3) is 5.91 Å². The molecule has 1 aromatic heterocycles. The zero-order valence-corrected chi connectivity index (χ0v) is 17.1. The largest absolute Gasteiger partial charge is 0.376 e. The summed E-state index contributed by atoms with van der Waals surface area (Å²) in [6, 6.07) is 12.4. The van der Waals surface area contributed by atoms with E-state index in [0.29, 0.717) is 13.1 Å². The zero-order chi connectivity index (χ0) is 20.4. The van der Waals surface area contributed by atoms with Crippen LogP contribution in [0.4, 0.5) is 0 Å². The minimum Gasteiger partial charge on any atom is -0.376 e. The first-order chi connectivity index (χ1) is 14.1. The van der Waals surface area contributed by atoms with Crippen molar-refractivity contribution >= 4 is 12.0 Å². The van der Waals surface area contributed by atoms with E-state index in [4.69, 9.17) is 4.74 Å². The Morgan fingerprint density at radius 3 is 2.83 bits per heavy atom. The lowest BCUT2D eigenvalue weighted by atomic mass is 9.99. The quantitative estimate of drug-likeness (QED) is 0.591. The van der Waals surface area contributed by atoms with E-state index in [-0.39, 0.29) is 17.6 Å². The molecule has 0 N–H and O–H groups in total. The summed E-state index contributed by atoms with van der Waals surface area (Å²) in [6.07, 6.45) is 5.03. The average Bonchev–Trinajstić information content (AvgIpc) is 3.35. The lowest BCUT2D eigenvalue weighted by molar-refractivity contribution is -0.127. The monoisotopic (exact) mass is 389 g/mol. The summed E-state index contributed by atoms with van der Waals surface area (Å²) < 4.78 is 8.01. The molecule has 0 saturated carbocycles. The number of carbonyl (C=O) groups excluding carboxylic acids is 1. The molecule has 3 heterocycles. The number of benzene rings is 1. The van der Waals surface area contributed by atoms with Gasteiger partial charge in [0.05, 0.1) is 6.10 Å². The third-order valence-corrected chi connectivity index (χ3v) is 6.09. The summed E-state index contributed by atoms with van der Waals surface area (Å²) in [6.45, 7) is 6.98. The fourth-order valence-electron chi connectivity index (χ4n) is 4.38. The molecular weight excluding hydrogens is 362 g/mol. The van der Waals surface area contributed by atoms with E-state index in [1.54, 1.807) is 11.0 Å². The van der Waals surface area contributed by atoms with Gasteiger partial charge in [0.15, 0.2) is 0 Å². The van der Waals surface area contributed by atoms with Crippen LogP contribution < -0.4 is 0 Å². The Morgan fingerprint density at radius 2 is 2.10 bits per heavy atom. The fourth-order valence-corrected chi connectivity index (χ4v) is 4.38. The predicted octanol–water partition coefficient (Wildman–Crippen LogP) is 3.78. The van der Waals surface area contributed by atoms with Crippen molar-refractivity contribution in [1.82, 2.24) is 9.47 Å². The number of nitrogens with zero attached hydrogens (tertiary/aromatic N) is 3. The van der Waals surface area contributed by atoms with Crippen LogP contribution >= 0.6 is 0 Å². The molecule has 29 heavy (non-hydrogen) atoms. The number of hydrogen-bond acceptors (Lipinski definition) is 3. The van der Waals surface area contributed by atoms with Gasteiger partial charge in [-0.1, -0.05) is 24.3 Å². The number of nitriles is 1. The molecular formula is C24H27N3O2. The van der Waals surface area contributed by atoms with E-state index in [9.17, 15) is 10.1 Å². The van der Waals surface area contributed by atoms with Gasteiger partial charge in [0.1, 0.15) is 11.6 Å². The van der Waals surface area contributed by atoms with E-state index < -0.39 is 0 Å². The fraction of sp³-hybridized carbons (Fsp3) is 0.417. The Kier molecular flexibility index (Phi) is 5.55. The molecule has 5 heteroatoms. The van der Waals surface area contributed by atoms with Crippen molar-refractivity contribution in [3.63, 3.8) is 0 Å². The van der Waals surface area contributed by atoms with Crippen molar-refractivity contribution in [2.24, 2.45) is 0 Å². The van der Waals surface area contributed by atoms with Gasteiger partial charge < -0.3 is 14.2 Å². The van der Waals surface area contributed by atoms with Crippen LogP contribution in [0.1, 0.15) is 40.9 Å². The molecule has 5 nitrogen and oxygen atoms in total. The molecule has 0 spiro atoms. The first kappa shape index (κ1) is 19.5. The van der Waals surface area contributed by atoms with Gasteiger partial charge in [-0.3, -0.25) is 4.79 Å². The van der Waals surface area contributed by atoms with Crippen molar-refractivity contribution in [1.29, 1.82) is 5.26 Å². The molecule has 1 amide bonds. The van der Waals surface area contributed by atoms with Gasteiger partial charge in [-0.25, -0.2) is 0 Å². The maximum Gasteiger partial charge on any atom is 0.264 e.